The number of amides is 1. The minimum Gasteiger partial charge on any atom is -0.351 e. The van der Waals surface area contributed by atoms with E-state index in [1.54, 1.807) is 4.68 Å². The molecule has 0 fully saturated rings. The van der Waals surface area contributed by atoms with Gasteiger partial charge in [0.05, 0.1) is 5.69 Å². The second-order valence-electron chi connectivity index (χ2n) is 5.11. The molecule has 1 aromatic heterocycles. The Kier molecular flexibility index (Phi) is 4.93. The van der Waals surface area contributed by atoms with Crippen LogP contribution in [0.4, 0.5) is 0 Å². The summed E-state index contributed by atoms with van der Waals surface area (Å²) in [6.07, 6.45) is 3.94. The summed E-state index contributed by atoms with van der Waals surface area (Å²) >= 11 is 0. The van der Waals surface area contributed by atoms with Crippen LogP contribution in [-0.2, 0) is 4.79 Å². The van der Waals surface area contributed by atoms with Crippen LogP contribution in [0.2, 0.25) is 0 Å². The molecule has 0 aliphatic carbocycles. The van der Waals surface area contributed by atoms with Crippen LogP contribution in [0.5, 0.6) is 0 Å². The molecule has 4 nitrogen and oxygen atoms in total. The lowest BCUT2D eigenvalue weighted by Gasteiger charge is -2.13. The summed E-state index contributed by atoms with van der Waals surface area (Å²) in [5, 5.41) is 7.25. The Morgan fingerprint density at radius 2 is 2.05 bits per heavy atom. The third kappa shape index (κ3) is 4.05. The highest BCUT2D eigenvalue weighted by Gasteiger charge is 2.16. The summed E-state index contributed by atoms with van der Waals surface area (Å²) < 4.78 is 1.76. The van der Waals surface area contributed by atoms with E-state index < -0.39 is 0 Å². The van der Waals surface area contributed by atoms with Gasteiger partial charge in [-0.15, -0.1) is 0 Å². The minimum atomic E-state index is -0.302. The number of hydrogen-bond acceptors (Lipinski definition) is 2. The van der Waals surface area contributed by atoms with E-state index in [4.69, 9.17) is 0 Å². The molecule has 4 heteroatoms. The average Bonchev–Trinajstić information content (AvgIpc) is 2.82. The van der Waals surface area contributed by atoms with E-state index in [1.165, 1.54) is 0 Å². The molecular weight excluding hydrogens is 262 g/mol. The van der Waals surface area contributed by atoms with Gasteiger partial charge in [-0.2, -0.15) is 5.10 Å². The lowest BCUT2D eigenvalue weighted by Crippen LogP contribution is -2.32. The highest BCUT2D eigenvalue weighted by molar-refractivity contribution is 5.80. The lowest BCUT2D eigenvalue weighted by molar-refractivity contribution is -0.123. The molecule has 0 bridgehead atoms. The Bertz CT molecular complexity index is 629. The number of rotatable bonds is 5. The number of nitrogens with zero attached hydrogens (tertiary/aromatic N) is 2. The zero-order valence-electron chi connectivity index (χ0n) is 12.7. The highest BCUT2D eigenvalue weighted by atomic mass is 16.2. The van der Waals surface area contributed by atoms with Gasteiger partial charge in [0.15, 0.2) is 0 Å². The number of nitrogens with one attached hydrogen (secondary N) is 1. The first-order valence-electron chi connectivity index (χ1n) is 7.10. The van der Waals surface area contributed by atoms with Gasteiger partial charge in [-0.3, -0.25) is 9.48 Å². The smallest absolute Gasteiger partial charge is 0.244 e. The molecular formula is C17H21N3O. The maximum atomic E-state index is 12.1. The van der Waals surface area contributed by atoms with E-state index in [2.05, 4.69) is 10.4 Å². The van der Waals surface area contributed by atoms with E-state index in [9.17, 15) is 4.79 Å². The fraction of sp³-hybridized carbons (Fsp3) is 0.294. The molecule has 1 atom stereocenters. The zero-order chi connectivity index (χ0) is 15.2. The van der Waals surface area contributed by atoms with E-state index in [0.29, 0.717) is 6.54 Å². The molecule has 1 aromatic carbocycles. The van der Waals surface area contributed by atoms with Crippen LogP contribution in [0.1, 0.15) is 29.9 Å². The van der Waals surface area contributed by atoms with Crippen molar-refractivity contribution in [2.45, 2.75) is 26.8 Å². The molecule has 110 valence electrons. The van der Waals surface area contributed by atoms with Crippen molar-refractivity contribution < 1.29 is 4.79 Å². The molecule has 1 heterocycles. The van der Waals surface area contributed by atoms with Crippen LogP contribution in [0.25, 0.3) is 6.08 Å². The Hall–Kier alpha value is -2.36. The van der Waals surface area contributed by atoms with Crippen molar-refractivity contribution in [3.63, 3.8) is 0 Å². The van der Waals surface area contributed by atoms with E-state index >= 15 is 0 Å². The number of carbonyl (C=O) groups excluding carboxylic acids is 1. The van der Waals surface area contributed by atoms with Crippen molar-refractivity contribution in [2.24, 2.45) is 0 Å². The quantitative estimate of drug-likeness (QED) is 0.917. The molecule has 0 unspecified atom stereocenters. The Balaban J connectivity index is 1.87. The second-order valence-corrected chi connectivity index (χ2v) is 5.11. The summed E-state index contributed by atoms with van der Waals surface area (Å²) in [5.74, 6) is -0.0288. The molecule has 21 heavy (non-hydrogen) atoms. The van der Waals surface area contributed by atoms with Crippen molar-refractivity contribution >= 4 is 12.0 Å². The monoisotopic (exact) mass is 283 g/mol. The molecule has 0 radical (unpaired) electrons. The van der Waals surface area contributed by atoms with Gasteiger partial charge in [0.1, 0.15) is 6.04 Å². The molecule has 0 aliphatic heterocycles. The van der Waals surface area contributed by atoms with E-state index in [1.807, 2.05) is 69.3 Å². The summed E-state index contributed by atoms with van der Waals surface area (Å²) in [7, 11) is 0. The largest absolute Gasteiger partial charge is 0.351 e. The van der Waals surface area contributed by atoms with Crippen molar-refractivity contribution in [1.29, 1.82) is 0 Å². The highest BCUT2D eigenvalue weighted by Crippen LogP contribution is 2.10. The van der Waals surface area contributed by atoms with E-state index in [0.717, 1.165) is 17.0 Å². The summed E-state index contributed by atoms with van der Waals surface area (Å²) in [5.41, 5.74) is 3.05. The standard InChI is InChI=1S/C17H21N3O/c1-13-12-14(2)20(19-13)15(3)17(21)18-11-7-10-16-8-5-4-6-9-16/h4-10,12,15H,11H2,1-3H3,(H,18,21)/b10-7-/t15-/m0/s1. The first-order chi connectivity index (χ1) is 10.1. The predicted octanol–water partition coefficient (Wildman–Crippen LogP) is 2.89. The van der Waals surface area contributed by atoms with Gasteiger partial charge in [0.2, 0.25) is 5.91 Å². The van der Waals surface area contributed by atoms with Gasteiger partial charge < -0.3 is 5.32 Å². The fourth-order valence-electron chi connectivity index (χ4n) is 2.22. The third-order valence-electron chi connectivity index (χ3n) is 3.29. The lowest BCUT2D eigenvalue weighted by atomic mass is 10.2. The van der Waals surface area contributed by atoms with Gasteiger partial charge in [-0.25, -0.2) is 0 Å². The predicted molar refractivity (Wildman–Crippen MR) is 84.9 cm³/mol. The number of hydrogen-bond donors (Lipinski definition) is 1. The van der Waals surface area contributed by atoms with Gasteiger partial charge in [0.25, 0.3) is 0 Å². The van der Waals surface area contributed by atoms with Crippen LogP contribution >= 0.6 is 0 Å². The SMILES string of the molecule is Cc1cc(C)n([C@@H](C)C(=O)NC/C=C\c2ccccc2)n1. The second kappa shape index (κ2) is 6.88. The van der Waals surface area contributed by atoms with Crippen LogP contribution in [0, 0.1) is 13.8 Å². The van der Waals surface area contributed by atoms with Crippen LogP contribution in [0.15, 0.2) is 42.5 Å². The summed E-state index contributed by atoms with van der Waals surface area (Å²) in [6, 6.07) is 11.7. The maximum Gasteiger partial charge on any atom is 0.244 e. The van der Waals surface area contributed by atoms with Crippen molar-refractivity contribution in [2.75, 3.05) is 6.54 Å². The summed E-state index contributed by atoms with van der Waals surface area (Å²) in [6.45, 7) is 6.25. The topological polar surface area (TPSA) is 46.9 Å². The Labute approximate surface area is 125 Å². The number of benzene rings is 1. The molecule has 1 amide bonds. The zero-order valence-corrected chi connectivity index (χ0v) is 12.7. The molecule has 0 saturated carbocycles. The van der Waals surface area contributed by atoms with Gasteiger partial charge in [0, 0.05) is 12.2 Å². The number of aromatic nitrogens is 2. The van der Waals surface area contributed by atoms with Gasteiger partial charge >= 0.3 is 0 Å². The summed E-state index contributed by atoms with van der Waals surface area (Å²) in [4.78, 5) is 12.1. The molecule has 0 saturated heterocycles. The fourth-order valence-corrected chi connectivity index (χ4v) is 2.22. The van der Waals surface area contributed by atoms with Gasteiger partial charge in [-0.05, 0) is 32.4 Å². The average molecular weight is 283 g/mol. The Morgan fingerprint density at radius 1 is 1.33 bits per heavy atom. The molecule has 2 rings (SSSR count). The first kappa shape index (κ1) is 15.0. The minimum absolute atomic E-state index is 0.0288. The number of aryl methyl sites for hydroxylation is 2. The number of carbonyl (C=O) groups is 1. The van der Waals surface area contributed by atoms with Crippen molar-refractivity contribution in [1.82, 2.24) is 15.1 Å². The van der Waals surface area contributed by atoms with Crippen LogP contribution in [0.3, 0.4) is 0 Å². The van der Waals surface area contributed by atoms with Crippen LogP contribution in [-0.4, -0.2) is 22.2 Å². The van der Waals surface area contributed by atoms with Crippen molar-refractivity contribution in [3.05, 3.63) is 59.4 Å². The first-order valence-corrected chi connectivity index (χ1v) is 7.10. The van der Waals surface area contributed by atoms with Crippen LogP contribution < -0.4 is 5.32 Å². The van der Waals surface area contributed by atoms with Crippen molar-refractivity contribution in [3.8, 4) is 0 Å². The molecule has 1 N–H and O–H groups in total. The molecule has 2 aromatic rings. The maximum absolute atomic E-state index is 12.1. The molecule has 0 aliphatic rings. The molecule has 0 spiro atoms. The van der Waals surface area contributed by atoms with E-state index in [-0.39, 0.29) is 11.9 Å². The van der Waals surface area contributed by atoms with Gasteiger partial charge in [-0.1, -0.05) is 42.5 Å². The normalized spacial score (nSPS) is 12.5. The third-order valence-corrected chi connectivity index (χ3v) is 3.29. The Morgan fingerprint density at radius 3 is 2.67 bits per heavy atom.